The van der Waals surface area contributed by atoms with E-state index in [1.807, 2.05) is 26.0 Å². The summed E-state index contributed by atoms with van der Waals surface area (Å²) in [5.74, 6) is 0.255. The van der Waals surface area contributed by atoms with Crippen LogP contribution in [0.4, 0.5) is 0 Å². The molecule has 1 fully saturated rings. The number of carbonyl (C=O) groups excluding carboxylic acids is 1. The molecule has 1 aliphatic rings. The maximum absolute atomic E-state index is 12.5. The van der Waals surface area contributed by atoms with Crippen molar-refractivity contribution in [3.05, 3.63) is 34.9 Å². The van der Waals surface area contributed by atoms with Crippen molar-refractivity contribution in [3.63, 3.8) is 0 Å². The highest BCUT2D eigenvalue weighted by molar-refractivity contribution is 5.99. The van der Waals surface area contributed by atoms with Crippen molar-refractivity contribution in [2.45, 2.75) is 32.7 Å². The molecule has 1 aromatic rings. The van der Waals surface area contributed by atoms with Crippen molar-refractivity contribution in [3.8, 4) is 0 Å². The Morgan fingerprint density at radius 1 is 1.35 bits per heavy atom. The van der Waals surface area contributed by atoms with Crippen LogP contribution in [0.15, 0.2) is 18.2 Å². The van der Waals surface area contributed by atoms with Crippen molar-refractivity contribution in [2.24, 2.45) is 0 Å². The third-order valence-corrected chi connectivity index (χ3v) is 4.27. The van der Waals surface area contributed by atoms with E-state index in [2.05, 4.69) is 30.0 Å². The molecule has 0 radical (unpaired) electrons. The third-order valence-electron chi connectivity index (χ3n) is 4.27. The Bertz CT molecular complexity index is 482. The number of likely N-dealkylation sites (tertiary alicyclic amines) is 1. The lowest BCUT2D eigenvalue weighted by Crippen LogP contribution is -2.46. The highest BCUT2D eigenvalue weighted by atomic mass is 16.1. The van der Waals surface area contributed by atoms with Crippen LogP contribution >= 0.6 is 0 Å². The molecule has 1 unspecified atom stereocenters. The molecular formula is C17H26N2O. The Balaban J connectivity index is 2.02. The molecule has 2 rings (SSSR count). The first-order valence-electron chi connectivity index (χ1n) is 7.46. The van der Waals surface area contributed by atoms with Crippen LogP contribution in [0.5, 0.6) is 0 Å². The van der Waals surface area contributed by atoms with Gasteiger partial charge < -0.3 is 4.90 Å². The molecule has 110 valence electrons. The van der Waals surface area contributed by atoms with Crippen molar-refractivity contribution in [1.82, 2.24) is 9.80 Å². The molecule has 1 aromatic carbocycles. The van der Waals surface area contributed by atoms with E-state index in [0.29, 0.717) is 12.6 Å². The number of Topliss-reactive ketones (excluding diaryl/α,β-unsaturated/α-hetero) is 1. The van der Waals surface area contributed by atoms with E-state index in [-0.39, 0.29) is 5.78 Å². The monoisotopic (exact) mass is 274 g/mol. The Kier molecular flexibility index (Phi) is 4.95. The van der Waals surface area contributed by atoms with Gasteiger partial charge in [0.25, 0.3) is 0 Å². The van der Waals surface area contributed by atoms with Crippen LogP contribution in [0.1, 0.15) is 34.3 Å². The van der Waals surface area contributed by atoms with Gasteiger partial charge in [0.1, 0.15) is 0 Å². The predicted molar refractivity (Wildman–Crippen MR) is 83.4 cm³/mol. The van der Waals surface area contributed by atoms with Gasteiger partial charge in [0.15, 0.2) is 5.78 Å². The summed E-state index contributed by atoms with van der Waals surface area (Å²) in [7, 11) is 4.25. The summed E-state index contributed by atoms with van der Waals surface area (Å²) in [5, 5.41) is 0. The second kappa shape index (κ2) is 6.51. The molecular weight excluding hydrogens is 248 g/mol. The van der Waals surface area contributed by atoms with E-state index in [9.17, 15) is 4.79 Å². The van der Waals surface area contributed by atoms with Gasteiger partial charge in [0.2, 0.25) is 0 Å². The molecule has 3 nitrogen and oxygen atoms in total. The molecule has 0 aliphatic carbocycles. The smallest absolute Gasteiger partial charge is 0.177 e. The number of piperidine rings is 1. The van der Waals surface area contributed by atoms with Crippen molar-refractivity contribution < 1.29 is 4.79 Å². The minimum Gasteiger partial charge on any atom is -0.305 e. The second-order valence-electron chi connectivity index (χ2n) is 6.24. The first kappa shape index (κ1) is 15.2. The normalized spacial score (nSPS) is 20.4. The summed E-state index contributed by atoms with van der Waals surface area (Å²) in [5.41, 5.74) is 3.13. The summed E-state index contributed by atoms with van der Waals surface area (Å²) in [6.45, 7) is 6.66. The van der Waals surface area contributed by atoms with Gasteiger partial charge in [-0.1, -0.05) is 17.7 Å². The first-order valence-corrected chi connectivity index (χ1v) is 7.46. The number of nitrogens with zero attached hydrogens (tertiary/aromatic N) is 2. The molecule has 1 heterocycles. The van der Waals surface area contributed by atoms with Gasteiger partial charge in [-0.3, -0.25) is 9.69 Å². The molecule has 1 atom stereocenters. The number of carbonyl (C=O) groups is 1. The van der Waals surface area contributed by atoms with Gasteiger partial charge in [-0.15, -0.1) is 0 Å². The lowest BCUT2D eigenvalue weighted by Gasteiger charge is -2.35. The predicted octanol–water partition coefficient (Wildman–Crippen LogP) is 2.51. The van der Waals surface area contributed by atoms with Gasteiger partial charge in [0, 0.05) is 18.2 Å². The van der Waals surface area contributed by atoms with Gasteiger partial charge in [0.05, 0.1) is 6.54 Å². The number of hydrogen-bond donors (Lipinski definition) is 0. The molecule has 0 amide bonds. The summed E-state index contributed by atoms with van der Waals surface area (Å²) < 4.78 is 0. The maximum atomic E-state index is 12.5. The lowest BCUT2D eigenvalue weighted by atomic mass is 10.00. The molecule has 1 aliphatic heterocycles. The van der Waals surface area contributed by atoms with Crippen LogP contribution in [0, 0.1) is 13.8 Å². The molecule has 0 N–H and O–H groups in total. The Morgan fingerprint density at radius 2 is 2.10 bits per heavy atom. The van der Waals surface area contributed by atoms with Crippen LogP contribution in [0.3, 0.4) is 0 Å². The molecule has 0 aromatic heterocycles. The number of rotatable bonds is 4. The summed E-state index contributed by atoms with van der Waals surface area (Å²) in [6.07, 6.45) is 2.42. The van der Waals surface area contributed by atoms with Gasteiger partial charge >= 0.3 is 0 Å². The third kappa shape index (κ3) is 3.68. The Hall–Kier alpha value is -1.19. The van der Waals surface area contributed by atoms with Gasteiger partial charge in [-0.25, -0.2) is 0 Å². The summed E-state index contributed by atoms with van der Waals surface area (Å²) in [4.78, 5) is 17.1. The molecule has 3 heteroatoms. The van der Waals surface area contributed by atoms with E-state index in [0.717, 1.165) is 29.8 Å². The number of likely N-dealkylation sites (N-methyl/N-ethyl adjacent to an activating group) is 1. The number of benzene rings is 1. The van der Waals surface area contributed by atoms with Gasteiger partial charge in [-0.05, 0) is 59.0 Å². The lowest BCUT2D eigenvalue weighted by molar-refractivity contribution is 0.0851. The fourth-order valence-electron chi connectivity index (χ4n) is 2.92. The molecule has 0 saturated carbocycles. The van der Waals surface area contributed by atoms with E-state index in [1.165, 1.54) is 12.8 Å². The van der Waals surface area contributed by atoms with Crippen LogP contribution in [0.25, 0.3) is 0 Å². The maximum Gasteiger partial charge on any atom is 0.177 e. The average molecular weight is 274 g/mol. The van der Waals surface area contributed by atoms with E-state index < -0.39 is 0 Å². The Labute approximate surface area is 122 Å². The molecule has 20 heavy (non-hydrogen) atoms. The highest BCUT2D eigenvalue weighted by Crippen LogP contribution is 2.16. The quantitative estimate of drug-likeness (QED) is 0.788. The molecule has 0 spiro atoms. The summed E-state index contributed by atoms with van der Waals surface area (Å²) in [6, 6.07) is 6.71. The largest absolute Gasteiger partial charge is 0.305 e. The van der Waals surface area contributed by atoms with Crippen LogP contribution in [-0.4, -0.2) is 55.4 Å². The van der Waals surface area contributed by atoms with E-state index in [4.69, 9.17) is 0 Å². The van der Waals surface area contributed by atoms with Crippen molar-refractivity contribution in [1.29, 1.82) is 0 Å². The number of aryl methyl sites for hydroxylation is 2. The van der Waals surface area contributed by atoms with Crippen molar-refractivity contribution >= 4 is 5.78 Å². The van der Waals surface area contributed by atoms with Crippen LogP contribution in [-0.2, 0) is 0 Å². The second-order valence-corrected chi connectivity index (χ2v) is 6.24. The van der Waals surface area contributed by atoms with E-state index in [1.54, 1.807) is 0 Å². The molecule has 1 saturated heterocycles. The van der Waals surface area contributed by atoms with E-state index >= 15 is 0 Å². The SMILES string of the molecule is Cc1ccc(C)c(C(=O)CN2CCCC(N(C)C)C2)c1. The topological polar surface area (TPSA) is 23.6 Å². The molecule has 0 bridgehead atoms. The average Bonchev–Trinajstić information content (AvgIpc) is 2.41. The Morgan fingerprint density at radius 3 is 2.80 bits per heavy atom. The van der Waals surface area contributed by atoms with Gasteiger partial charge in [-0.2, -0.15) is 0 Å². The van der Waals surface area contributed by atoms with Crippen LogP contribution in [0.2, 0.25) is 0 Å². The summed E-state index contributed by atoms with van der Waals surface area (Å²) >= 11 is 0. The first-order chi connectivity index (χ1) is 9.47. The highest BCUT2D eigenvalue weighted by Gasteiger charge is 2.23. The standard InChI is InChI=1S/C17H26N2O/c1-13-7-8-14(2)16(10-13)17(20)12-19-9-5-6-15(11-19)18(3)4/h7-8,10,15H,5-6,9,11-12H2,1-4H3. The fraction of sp³-hybridized carbons (Fsp3) is 0.588. The van der Waals surface area contributed by atoms with Crippen molar-refractivity contribution in [2.75, 3.05) is 33.7 Å². The zero-order chi connectivity index (χ0) is 14.7. The minimum atomic E-state index is 0.255. The zero-order valence-electron chi connectivity index (χ0n) is 13.1. The fourth-order valence-corrected chi connectivity index (χ4v) is 2.92. The number of hydrogen-bond acceptors (Lipinski definition) is 3. The minimum absolute atomic E-state index is 0.255. The zero-order valence-corrected chi connectivity index (χ0v) is 13.1. The van der Waals surface area contributed by atoms with Crippen LogP contribution < -0.4 is 0 Å². The number of ketones is 1.